The number of nitrogens with one attached hydrogen (secondary N) is 1. The Kier molecular flexibility index (Phi) is 4.05. The molecule has 0 saturated carbocycles. The number of nitrogens with zero attached hydrogens (tertiary/aromatic N) is 2. The van der Waals surface area contributed by atoms with Crippen molar-refractivity contribution < 1.29 is 4.79 Å². The highest BCUT2D eigenvalue weighted by molar-refractivity contribution is 5.99. The van der Waals surface area contributed by atoms with Crippen LogP contribution >= 0.6 is 0 Å². The van der Waals surface area contributed by atoms with E-state index in [0.29, 0.717) is 5.71 Å². The van der Waals surface area contributed by atoms with Crippen molar-refractivity contribution in [1.29, 1.82) is 5.26 Å². The maximum absolute atomic E-state index is 10.9. The van der Waals surface area contributed by atoms with E-state index in [0.717, 1.165) is 5.56 Å². The molecule has 0 aliphatic heterocycles. The van der Waals surface area contributed by atoms with E-state index in [1.165, 1.54) is 0 Å². The van der Waals surface area contributed by atoms with E-state index in [1.54, 1.807) is 13.0 Å². The van der Waals surface area contributed by atoms with Gasteiger partial charge in [-0.1, -0.05) is 30.3 Å². The van der Waals surface area contributed by atoms with Gasteiger partial charge in [0.05, 0.1) is 11.8 Å². The van der Waals surface area contributed by atoms with Crippen LogP contribution in [0.15, 0.2) is 35.4 Å². The second-order valence-electron chi connectivity index (χ2n) is 2.93. The minimum absolute atomic E-state index is 0.175. The highest BCUT2D eigenvalue weighted by Gasteiger charge is 1.99. The first-order valence-electron chi connectivity index (χ1n) is 4.49. The van der Waals surface area contributed by atoms with Crippen LogP contribution < -0.4 is 5.43 Å². The first kappa shape index (κ1) is 10.9. The maximum atomic E-state index is 10.9. The van der Waals surface area contributed by atoms with E-state index in [2.05, 4.69) is 10.5 Å². The predicted octanol–water partition coefficient (Wildman–Crippen LogP) is 1.44. The minimum Gasteiger partial charge on any atom is -0.272 e. The Morgan fingerprint density at radius 2 is 2.13 bits per heavy atom. The standard InChI is InChI=1S/C11H11N3O/c1-9(10-5-3-2-4-6-10)13-14-11(15)7-8-12/h2-6H,7H2,1H3,(H,14,15)/b13-9+. The molecule has 0 bridgehead atoms. The van der Waals surface area contributed by atoms with Crippen molar-refractivity contribution in [3.05, 3.63) is 35.9 Å². The topological polar surface area (TPSA) is 65.2 Å². The van der Waals surface area contributed by atoms with Gasteiger partial charge in [-0.3, -0.25) is 4.79 Å². The lowest BCUT2D eigenvalue weighted by Crippen LogP contribution is -2.18. The van der Waals surface area contributed by atoms with Gasteiger partial charge in [-0.25, -0.2) is 5.43 Å². The molecule has 1 amide bonds. The van der Waals surface area contributed by atoms with E-state index in [9.17, 15) is 4.79 Å². The molecule has 0 fully saturated rings. The van der Waals surface area contributed by atoms with Crippen molar-refractivity contribution in [2.45, 2.75) is 13.3 Å². The number of hydrogen-bond donors (Lipinski definition) is 1. The quantitative estimate of drug-likeness (QED) is 0.594. The molecule has 0 heterocycles. The van der Waals surface area contributed by atoms with E-state index >= 15 is 0 Å². The van der Waals surface area contributed by atoms with Crippen LogP contribution in [0, 0.1) is 11.3 Å². The monoisotopic (exact) mass is 201 g/mol. The van der Waals surface area contributed by atoms with Crippen LogP contribution in [0.5, 0.6) is 0 Å². The second kappa shape index (κ2) is 5.55. The van der Waals surface area contributed by atoms with Gasteiger partial charge in [0.2, 0.25) is 0 Å². The van der Waals surface area contributed by atoms with Gasteiger partial charge in [0.1, 0.15) is 6.42 Å². The molecule has 1 rings (SSSR count). The first-order chi connectivity index (χ1) is 7.24. The van der Waals surface area contributed by atoms with E-state index in [-0.39, 0.29) is 6.42 Å². The molecule has 0 aromatic heterocycles. The van der Waals surface area contributed by atoms with Crippen molar-refractivity contribution in [2.24, 2.45) is 5.10 Å². The Hall–Kier alpha value is -2.15. The number of carbonyl (C=O) groups excluding carboxylic acids is 1. The van der Waals surface area contributed by atoms with Crippen LogP contribution in [0.25, 0.3) is 0 Å². The molecule has 0 spiro atoms. The largest absolute Gasteiger partial charge is 0.272 e. The zero-order valence-electron chi connectivity index (χ0n) is 8.40. The molecular weight excluding hydrogens is 190 g/mol. The smallest absolute Gasteiger partial charge is 0.254 e. The first-order valence-corrected chi connectivity index (χ1v) is 4.49. The van der Waals surface area contributed by atoms with Gasteiger partial charge >= 0.3 is 0 Å². The molecule has 76 valence electrons. The number of carbonyl (C=O) groups is 1. The Morgan fingerprint density at radius 3 is 2.73 bits per heavy atom. The average Bonchev–Trinajstić information content (AvgIpc) is 2.27. The second-order valence-corrected chi connectivity index (χ2v) is 2.93. The molecule has 0 aliphatic carbocycles. The number of rotatable bonds is 3. The van der Waals surface area contributed by atoms with Crippen molar-refractivity contribution in [2.75, 3.05) is 0 Å². The Balaban J connectivity index is 2.62. The summed E-state index contributed by atoms with van der Waals surface area (Å²) >= 11 is 0. The average molecular weight is 201 g/mol. The molecule has 0 aliphatic rings. The summed E-state index contributed by atoms with van der Waals surface area (Å²) in [4.78, 5) is 10.9. The van der Waals surface area contributed by atoms with Crippen LogP contribution in [-0.4, -0.2) is 11.6 Å². The lowest BCUT2D eigenvalue weighted by molar-refractivity contribution is -0.120. The number of hydrogen-bond acceptors (Lipinski definition) is 3. The molecular formula is C11H11N3O. The lowest BCUT2D eigenvalue weighted by atomic mass is 10.1. The van der Waals surface area contributed by atoms with Crippen LogP contribution in [0.3, 0.4) is 0 Å². The van der Waals surface area contributed by atoms with Gasteiger partial charge in [-0.2, -0.15) is 10.4 Å². The van der Waals surface area contributed by atoms with Gasteiger partial charge in [0.15, 0.2) is 0 Å². The number of hydrazone groups is 1. The summed E-state index contributed by atoms with van der Waals surface area (Å²) < 4.78 is 0. The fourth-order valence-corrected chi connectivity index (χ4v) is 1.00. The molecule has 0 atom stereocenters. The van der Waals surface area contributed by atoms with Crippen LogP contribution in [0.2, 0.25) is 0 Å². The van der Waals surface area contributed by atoms with Gasteiger partial charge in [0, 0.05) is 0 Å². The zero-order valence-corrected chi connectivity index (χ0v) is 8.40. The summed E-state index contributed by atoms with van der Waals surface area (Å²) in [5.74, 6) is -0.396. The molecule has 1 N–H and O–H groups in total. The van der Waals surface area contributed by atoms with Crippen LogP contribution in [0.1, 0.15) is 18.9 Å². The third-order valence-corrected chi connectivity index (χ3v) is 1.78. The van der Waals surface area contributed by atoms with Crippen LogP contribution in [0.4, 0.5) is 0 Å². The molecule has 1 aromatic rings. The molecule has 0 unspecified atom stereocenters. The molecule has 1 aromatic carbocycles. The maximum Gasteiger partial charge on any atom is 0.254 e. The van der Waals surface area contributed by atoms with Crippen molar-refractivity contribution in [1.82, 2.24) is 5.43 Å². The Labute approximate surface area is 88.2 Å². The number of benzene rings is 1. The number of amides is 1. The predicted molar refractivity (Wildman–Crippen MR) is 57.0 cm³/mol. The third-order valence-electron chi connectivity index (χ3n) is 1.78. The summed E-state index contributed by atoms with van der Waals surface area (Å²) in [6.45, 7) is 1.79. The van der Waals surface area contributed by atoms with Gasteiger partial charge in [0.25, 0.3) is 5.91 Å². The molecule has 15 heavy (non-hydrogen) atoms. The molecule has 4 heteroatoms. The van der Waals surface area contributed by atoms with E-state index in [4.69, 9.17) is 5.26 Å². The third kappa shape index (κ3) is 3.61. The summed E-state index contributed by atoms with van der Waals surface area (Å²) in [5, 5.41) is 12.1. The van der Waals surface area contributed by atoms with Crippen molar-refractivity contribution in [3.8, 4) is 6.07 Å². The number of nitriles is 1. The van der Waals surface area contributed by atoms with Gasteiger partial charge in [-0.05, 0) is 12.5 Å². The molecule has 4 nitrogen and oxygen atoms in total. The normalized spacial score (nSPS) is 10.5. The van der Waals surface area contributed by atoms with Gasteiger partial charge in [-0.15, -0.1) is 0 Å². The van der Waals surface area contributed by atoms with Gasteiger partial charge < -0.3 is 0 Å². The summed E-state index contributed by atoms with van der Waals surface area (Å²) in [6.07, 6.45) is -0.175. The van der Waals surface area contributed by atoms with E-state index in [1.807, 2.05) is 30.3 Å². The Morgan fingerprint density at radius 1 is 1.47 bits per heavy atom. The summed E-state index contributed by atoms with van der Waals surface area (Å²) in [7, 11) is 0. The zero-order chi connectivity index (χ0) is 11.1. The highest BCUT2D eigenvalue weighted by atomic mass is 16.2. The SMILES string of the molecule is C/C(=N\NC(=O)CC#N)c1ccccc1. The summed E-state index contributed by atoms with van der Waals surface area (Å²) in [6, 6.07) is 11.2. The summed E-state index contributed by atoms with van der Waals surface area (Å²) in [5.41, 5.74) is 3.96. The van der Waals surface area contributed by atoms with Crippen molar-refractivity contribution in [3.63, 3.8) is 0 Å². The molecule has 0 radical (unpaired) electrons. The molecule has 0 saturated heterocycles. The lowest BCUT2D eigenvalue weighted by Gasteiger charge is -2.00. The van der Waals surface area contributed by atoms with Crippen LogP contribution in [-0.2, 0) is 4.79 Å². The van der Waals surface area contributed by atoms with Crippen molar-refractivity contribution >= 4 is 11.6 Å². The van der Waals surface area contributed by atoms with E-state index < -0.39 is 5.91 Å². The Bertz CT molecular complexity index is 404. The highest BCUT2D eigenvalue weighted by Crippen LogP contribution is 1.99. The fourth-order valence-electron chi connectivity index (χ4n) is 1.00. The minimum atomic E-state index is -0.396. The fraction of sp³-hybridized carbons (Fsp3) is 0.182.